The molecule has 19 heavy (non-hydrogen) atoms. The molecule has 0 aliphatic carbocycles. The maximum Gasteiger partial charge on any atom is 0.248 e. The van der Waals surface area contributed by atoms with Crippen molar-refractivity contribution in [2.24, 2.45) is 0 Å². The van der Waals surface area contributed by atoms with Crippen LogP contribution in [0.25, 0.3) is 6.08 Å². The van der Waals surface area contributed by atoms with Gasteiger partial charge < -0.3 is 5.32 Å². The molecule has 0 saturated carbocycles. The SMILES string of the molecule is Cc1cccc(Cl)c1NC(=O)/C=C/c1ccccc1. The van der Waals surface area contributed by atoms with Crippen molar-refractivity contribution in [2.45, 2.75) is 6.92 Å². The van der Waals surface area contributed by atoms with Gasteiger partial charge in [0.15, 0.2) is 0 Å². The van der Waals surface area contributed by atoms with E-state index in [1.165, 1.54) is 6.08 Å². The predicted octanol–water partition coefficient (Wildman–Crippen LogP) is 4.30. The molecular weight excluding hydrogens is 258 g/mol. The molecule has 0 atom stereocenters. The van der Waals surface area contributed by atoms with Crippen LogP contribution < -0.4 is 5.32 Å². The number of anilines is 1. The Bertz CT molecular complexity index is 585. The van der Waals surface area contributed by atoms with Crippen LogP contribution in [0.2, 0.25) is 5.02 Å². The van der Waals surface area contributed by atoms with E-state index < -0.39 is 0 Å². The van der Waals surface area contributed by atoms with Crippen LogP contribution in [0, 0.1) is 6.92 Å². The summed E-state index contributed by atoms with van der Waals surface area (Å²) >= 11 is 6.05. The minimum Gasteiger partial charge on any atom is -0.321 e. The van der Waals surface area contributed by atoms with Crippen molar-refractivity contribution in [2.75, 3.05) is 5.32 Å². The first-order valence-electron chi connectivity index (χ1n) is 5.96. The molecule has 0 fully saturated rings. The van der Waals surface area contributed by atoms with Crippen molar-refractivity contribution in [3.63, 3.8) is 0 Å². The monoisotopic (exact) mass is 271 g/mol. The average Bonchev–Trinajstić information content (AvgIpc) is 2.42. The van der Waals surface area contributed by atoms with Gasteiger partial charge in [0.25, 0.3) is 0 Å². The number of carbonyl (C=O) groups excluding carboxylic acids is 1. The molecule has 1 N–H and O–H groups in total. The Morgan fingerprint density at radius 3 is 2.53 bits per heavy atom. The minimum absolute atomic E-state index is 0.194. The van der Waals surface area contributed by atoms with Crippen molar-refractivity contribution in [1.29, 1.82) is 0 Å². The van der Waals surface area contributed by atoms with Gasteiger partial charge in [-0.05, 0) is 30.2 Å². The number of amides is 1. The lowest BCUT2D eigenvalue weighted by molar-refractivity contribution is -0.111. The molecule has 2 nitrogen and oxygen atoms in total. The van der Waals surface area contributed by atoms with Crippen LogP contribution in [0.15, 0.2) is 54.6 Å². The van der Waals surface area contributed by atoms with Gasteiger partial charge in [0.05, 0.1) is 10.7 Å². The van der Waals surface area contributed by atoms with Gasteiger partial charge in [-0.25, -0.2) is 0 Å². The van der Waals surface area contributed by atoms with E-state index in [0.29, 0.717) is 10.7 Å². The van der Waals surface area contributed by atoms with Crippen molar-refractivity contribution in [3.8, 4) is 0 Å². The van der Waals surface area contributed by atoms with Gasteiger partial charge >= 0.3 is 0 Å². The first-order chi connectivity index (χ1) is 9.16. The lowest BCUT2D eigenvalue weighted by atomic mass is 10.2. The Morgan fingerprint density at radius 1 is 1.11 bits per heavy atom. The largest absolute Gasteiger partial charge is 0.321 e. The number of benzene rings is 2. The first-order valence-corrected chi connectivity index (χ1v) is 6.34. The fourth-order valence-electron chi connectivity index (χ4n) is 1.69. The summed E-state index contributed by atoms with van der Waals surface area (Å²) in [6, 6.07) is 15.2. The van der Waals surface area contributed by atoms with Crippen molar-refractivity contribution in [1.82, 2.24) is 0 Å². The Morgan fingerprint density at radius 2 is 1.84 bits per heavy atom. The molecule has 0 radical (unpaired) electrons. The van der Waals surface area contributed by atoms with Crippen molar-refractivity contribution < 1.29 is 4.79 Å². The normalized spacial score (nSPS) is 10.6. The molecule has 96 valence electrons. The van der Waals surface area contributed by atoms with E-state index in [4.69, 9.17) is 11.6 Å². The number of rotatable bonds is 3. The second kappa shape index (κ2) is 6.21. The van der Waals surface area contributed by atoms with Gasteiger partial charge in [0.1, 0.15) is 0 Å². The Hall–Kier alpha value is -2.06. The summed E-state index contributed by atoms with van der Waals surface area (Å²) < 4.78 is 0. The molecule has 0 saturated heterocycles. The Kier molecular flexibility index (Phi) is 4.37. The number of halogens is 1. The van der Waals surface area contributed by atoms with Crippen LogP contribution in [0.4, 0.5) is 5.69 Å². The third-order valence-electron chi connectivity index (χ3n) is 2.70. The maximum atomic E-state index is 11.8. The van der Waals surface area contributed by atoms with Crippen LogP contribution in [-0.4, -0.2) is 5.91 Å². The van der Waals surface area contributed by atoms with Crippen LogP contribution in [-0.2, 0) is 4.79 Å². The minimum atomic E-state index is -0.194. The molecule has 1 amide bonds. The molecule has 2 aromatic rings. The van der Waals surface area contributed by atoms with E-state index in [9.17, 15) is 4.79 Å². The Balaban J connectivity index is 2.08. The van der Waals surface area contributed by atoms with Crippen LogP contribution in [0.1, 0.15) is 11.1 Å². The highest BCUT2D eigenvalue weighted by molar-refractivity contribution is 6.34. The zero-order valence-electron chi connectivity index (χ0n) is 10.6. The second-order valence-corrected chi connectivity index (χ2v) is 4.57. The van der Waals surface area contributed by atoms with Gasteiger partial charge in [-0.3, -0.25) is 4.79 Å². The van der Waals surface area contributed by atoms with E-state index in [2.05, 4.69) is 5.32 Å². The summed E-state index contributed by atoms with van der Waals surface area (Å²) in [5.74, 6) is -0.194. The van der Waals surface area contributed by atoms with Crippen LogP contribution >= 0.6 is 11.6 Å². The molecule has 2 aromatic carbocycles. The molecular formula is C16H14ClNO. The fraction of sp³-hybridized carbons (Fsp3) is 0.0625. The van der Waals surface area contributed by atoms with Gasteiger partial charge in [-0.2, -0.15) is 0 Å². The Labute approximate surface area is 117 Å². The van der Waals surface area contributed by atoms with E-state index in [-0.39, 0.29) is 5.91 Å². The lowest BCUT2D eigenvalue weighted by Gasteiger charge is -2.08. The maximum absolute atomic E-state index is 11.8. The third-order valence-corrected chi connectivity index (χ3v) is 3.01. The number of carbonyl (C=O) groups is 1. The topological polar surface area (TPSA) is 29.1 Å². The van der Waals surface area contributed by atoms with Gasteiger partial charge in [0.2, 0.25) is 5.91 Å². The summed E-state index contributed by atoms with van der Waals surface area (Å²) in [5, 5.41) is 3.33. The number of hydrogen-bond acceptors (Lipinski definition) is 1. The van der Waals surface area contributed by atoms with Crippen LogP contribution in [0.5, 0.6) is 0 Å². The number of aryl methyl sites for hydroxylation is 1. The highest BCUT2D eigenvalue weighted by atomic mass is 35.5. The highest BCUT2D eigenvalue weighted by Gasteiger charge is 2.05. The lowest BCUT2D eigenvalue weighted by Crippen LogP contribution is -2.09. The third kappa shape index (κ3) is 3.70. The second-order valence-electron chi connectivity index (χ2n) is 4.17. The molecule has 0 heterocycles. The van der Waals surface area contributed by atoms with E-state index in [1.807, 2.05) is 49.4 Å². The average molecular weight is 272 g/mol. The van der Waals surface area contributed by atoms with Crippen molar-refractivity contribution in [3.05, 3.63) is 70.8 Å². The molecule has 3 heteroatoms. The first kappa shape index (κ1) is 13.4. The molecule has 2 rings (SSSR count). The summed E-state index contributed by atoms with van der Waals surface area (Å²) in [6.45, 7) is 1.91. The molecule has 0 spiro atoms. The molecule has 0 bridgehead atoms. The molecule has 0 aromatic heterocycles. The fourth-order valence-corrected chi connectivity index (χ4v) is 1.96. The smallest absolute Gasteiger partial charge is 0.248 e. The van der Waals surface area contributed by atoms with Gasteiger partial charge in [0, 0.05) is 6.08 Å². The van der Waals surface area contributed by atoms with Gasteiger partial charge in [-0.15, -0.1) is 0 Å². The van der Waals surface area contributed by atoms with E-state index >= 15 is 0 Å². The molecule has 0 aliphatic rings. The van der Waals surface area contributed by atoms with Crippen LogP contribution in [0.3, 0.4) is 0 Å². The zero-order valence-corrected chi connectivity index (χ0v) is 11.3. The summed E-state index contributed by atoms with van der Waals surface area (Å²) in [4.78, 5) is 11.8. The zero-order chi connectivity index (χ0) is 13.7. The van der Waals surface area contributed by atoms with E-state index in [1.54, 1.807) is 12.1 Å². The van der Waals surface area contributed by atoms with Gasteiger partial charge in [-0.1, -0.05) is 54.1 Å². The summed E-state index contributed by atoms with van der Waals surface area (Å²) in [6.07, 6.45) is 3.26. The standard InChI is InChI=1S/C16H14ClNO/c1-12-6-5-9-14(17)16(12)18-15(19)11-10-13-7-3-2-4-8-13/h2-11H,1H3,(H,18,19)/b11-10+. The number of para-hydroxylation sites is 1. The summed E-state index contributed by atoms with van der Waals surface area (Å²) in [7, 11) is 0. The highest BCUT2D eigenvalue weighted by Crippen LogP contribution is 2.25. The number of hydrogen-bond donors (Lipinski definition) is 1. The molecule has 0 aliphatic heterocycles. The quantitative estimate of drug-likeness (QED) is 0.829. The summed E-state index contributed by atoms with van der Waals surface area (Å²) in [5.41, 5.74) is 2.58. The number of nitrogens with one attached hydrogen (secondary N) is 1. The van der Waals surface area contributed by atoms with Crippen molar-refractivity contribution >= 4 is 29.3 Å². The predicted molar refractivity (Wildman–Crippen MR) is 80.3 cm³/mol. The molecule has 0 unspecified atom stereocenters. The van der Waals surface area contributed by atoms with E-state index in [0.717, 1.165) is 11.1 Å².